The van der Waals surface area contributed by atoms with Crippen LogP contribution in [0.5, 0.6) is 0 Å². The Balaban J connectivity index is 2.46. The van der Waals surface area contributed by atoms with E-state index in [-0.39, 0.29) is 12.0 Å². The number of carboxylic acids is 1. The van der Waals surface area contributed by atoms with Crippen molar-refractivity contribution in [1.29, 1.82) is 0 Å². The zero-order chi connectivity index (χ0) is 17.4. The average molecular weight is 337 g/mol. The summed E-state index contributed by atoms with van der Waals surface area (Å²) < 4.78 is 1.38. The van der Waals surface area contributed by atoms with Crippen LogP contribution in [0.3, 0.4) is 0 Å². The maximum atomic E-state index is 12.5. The SMILES string of the molecule is CCCC(C)(NC(=O)c1cnc2sc(C)c(C)n2c1=O)C(=O)O. The predicted octanol–water partition coefficient (Wildman–Crippen LogP) is 1.75. The number of rotatable bonds is 5. The Morgan fingerprint density at radius 1 is 1.43 bits per heavy atom. The molecule has 1 amide bonds. The number of amides is 1. The molecule has 0 fully saturated rings. The van der Waals surface area contributed by atoms with E-state index >= 15 is 0 Å². The molecular formula is C15H19N3O4S. The molecule has 0 radical (unpaired) electrons. The standard InChI is InChI=1S/C15H19N3O4S/c1-5-6-15(4,13(21)22)17-11(19)10-7-16-14-18(12(10)20)8(2)9(3)23-14/h7H,5-6H2,1-4H3,(H,17,19)(H,21,22). The molecule has 23 heavy (non-hydrogen) atoms. The lowest BCUT2D eigenvalue weighted by Crippen LogP contribution is -2.53. The number of carbonyl (C=O) groups excluding carboxylic acids is 1. The second-order valence-corrected chi connectivity index (χ2v) is 6.86. The van der Waals surface area contributed by atoms with E-state index in [0.717, 1.165) is 10.6 Å². The highest BCUT2D eigenvalue weighted by molar-refractivity contribution is 7.17. The Morgan fingerprint density at radius 2 is 2.09 bits per heavy atom. The van der Waals surface area contributed by atoms with Gasteiger partial charge >= 0.3 is 5.97 Å². The normalized spacial score (nSPS) is 13.7. The first-order chi connectivity index (χ1) is 10.7. The molecule has 0 saturated carbocycles. The molecule has 124 valence electrons. The van der Waals surface area contributed by atoms with Crippen molar-refractivity contribution in [2.45, 2.75) is 46.1 Å². The summed E-state index contributed by atoms with van der Waals surface area (Å²) in [6, 6.07) is 0. The van der Waals surface area contributed by atoms with Gasteiger partial charge in [-0.15, -0.1) is 11.3 Å². The van der Waals surface area contributed by atoms with Crippen LogP contribution in [0.1, 0.15) is 47.6 Å². The Kier molecular flexibility index (Phi) is 4.56. The van der Waals surface area contributed by atoms with Gasteiger partial charge < -0.3 is 10.4 Å². The highest BCUT2D eigenvalue weighted by atomic mass is 32.1. The van der Waals surface area contributed by atoms with Crippen LogP contribution in [-0.4, -0.2) is 31.9 Å². The van der Waals surface area contributed by atoms with Crippen molar-refractivity contribution in [2.75, 3.05) is 0 Å². The molecule has 2 aromatic heterocycles. The van der Waals surface area contributed by atoms with Crippen molar-refractivity contribution in [3.8, 4) is 0 Å². The fourth-order valence-electron chi connectivity index (χ4n) is 2.37. The van der Waals surface area contributed by atoms with Gasteiger partial charge in [0.15, 0.2) is 4.96 Å². The monoisotopic (exact) mass is 337 g/mol. The van der Waals surface area contributed by atoms with Crippen LogP contribution in [-0.2, 0) is 4.79 Å². The molecule has 7 nitrogen and oxygen atoms in total. The number of fused-ring (bicyclic) bond motifs is 1. The van der Waals surface area contributed by atoms with Crippen LogP contribution < -0.4 is 10.9 Å². The zero-order valence-corrected chi connectivity index (χ0v) is 14.3. The first-order valence-corrected chi connectivity index (χ1v) is 8.06. The third-order valence-corrected chi connectivity index (χ3v) is 4.95. The Hall–Kier alpha value is -2.22. The lowest BCUT2D eigenvalue weighted by atomic mass is 9.96. The first kappa shape index (κ1) is 17.1. The number of aliphatic carboxylic acids is 1. The average Bonchev–Trinajstić information content (AvgIpc) is 2.75. The molecule has 0 aliphatic heterocycles. The Morgan fingerprint density at radius 3 is 2.65 bits per heavy atom. The van der Waals surface area contributed by atoms with Gasteiger partial charge in [0.05, 0.1) is 0 Å². The topological polar surface area (TPSA) is 101 Å². The van der Waals surface area contributed by atoms with Crippen LogP contribution >= 0.6 is 11.3 Å². The van der Waals surface area contributed by atoms with E-state index in [4.69, 9.17) is 0 Å². The van der Waals surface area contributed by atoms with Crippen molar-refractivity contribution in [2.24, 2.45) is 0 Å². The van der Waals surface area contributed by atoms with Crippen molar-refractivity contribution >= 4 is 28.2 Å². The third-order valence-electron chi connectivity index (χ3n) is 3.87. The molecule has 1 atom stereocenters. The van der Waals surface area contributed by atoms with E-state index in [0.29, 0.717) is 11.4 Å². The van der Waals surface area contributed by atoms with Gasteiger partial charge in [0.25, 0.3) is 11.5 Å². The molecule has 2 aromatic rings. The minimum atomic E-state index is -1.42. The highest BCUT2D eigenvalue weighted by Crippen LogP contribution is 2.19. The van der Waals surface area contributed by atoms with Crippen LogP contribution in [0.25, 0.3) is 4.96 Å². The van der Waals surface area contributed by atoms with E-state index in [1.807, 2.05) is 13.8 Å². The second-order valence-electron chi connectivity index (χ2n) is 5.68. The minimum Gasteiger partial charge on any atom is -0.480 e. The van der Waals surface area contributed by atoms with Gasteiger partial charge in [-0.05, 0) is 27.2 Å². The zero-order valence-electron chi connectivity index (χ0n) is 13.5. The summed E-state index contributed by atoms with van der Waals surface area (Å²) in [6.45, 7) is 6.91. The summed E-state index contributed by atoms with van der Waals surface area (Å²) >= 11 is 1.37. The molecule has 0 aliphatic rings. The van der Waals surface area contributed by atoms with Crippen molar-refractivity contribution in [3.05, 3.63) is 32.7 Å². The lowest BCUT2D eigenvalue weighted by molar-refractivity contribution is -0.144. The van der Waals surface area contributed by atoms with Gasteiger partial charge in [-0.3, -0.25) is 14.0 Å². The summed E-state index contributed by atoms with van der Waals surface area (Å²) in [4.78, 5) is 41.9. The van der Waals surface area contributed by atoms with Crippen molar-refractivity contribution < 1.29 is 14.7 Å². The third kappa shape index (κ3) is 2.98. The maximum absolute atomic E-state index is 12.5. The number of aryl methyl sites for hydroxylation is 2. The quantitative estimate of drug-likeness (QED) is 0.865. The van der Waals surface area contributed by atoms with E-state index in [9.17, 15) is 19.5 Å². The molecule has 2 heterocycles. The number of carbonyl (C=O) groups is 2. The molecule has 0 bridgehead atoms. The van der Waals surface area contributed by atoms with Crippen molar-refractivity contribution in [3.63, 3.8) is 0 Å². The number of aromatic nitrogens is 2. The van der Waals surface area contributed by atoms with Crippen LogP contribution in [0.15, 0.2) is 11.0 Å². The summed E-state index contributed by atoms with van der Waals surface area (Å²) in [5.74, 6) is -1.86. The molecule has 0 aromatic carbocycles. The van der Waals surface area contributed by atoms with Crippen LogP contribution in [0.4, 0.5) is 0 Å². The molecule has 1 unspecified atom stereocenters. The van der Waals surface area contributed by atoms with Gasteiger partial charge in [-0.1, -0.05) is 13.3 Å². The van der Waals surface area contributed by atoms with E-state index in [1.165, 1.54) is 28.9 Å². The summed E-state index contributed by atoms with van der Waals surface area (Å²) in [7, 11) is 0. The van der Waals surface area contributed by atoms with E-state index in [1.54, 1.807) is 6.92 Å². The Bertz CT molecular complexity index is 839. The first-order valence-electron chi connectivity index (χ1n) is 7.25. The van der Waals surface area contributed by atoms with Gasteiger partial charge in [0, 0.05) is 16.8 Å². The smallest absolute Gasteiger partial charge is 0.329 e. The predicted molar refractivity (Wildman–Crippen MR) is 87.2 cm³/mol. The number of hydrogen-bond acceptors (Lipinski definition) is 5. The molecule has 2 N–H and O–H groups in total. The molecule has 8 heteroatoms. The number of hydrogen-bond donors (Lipinski definition) is 2. The number of nitrogens with one attached hydrogen (secondary N) is 1. The number of thiazole rings is 1. The minimum absolute atomic E-state index is 0.160. The highest BCUT2D eigenvalue weighted by Gasteiger charge is 2.34. The molecular weight excluding hydrogens is 318 g/mol. The fraction of sp³-hybridized carbons (Fsp3) is 0.467. The summed E-state index contributed by atoms with van der Waals surface area (Å²) in [5.41, 5.74) is -1.34. The Labute approximate surface area is 137 Å². The number of carboxylic acid groups (broad SMARTS) is 1. The van der Waals surface area contributed by atoms with Crippen LogP contribution in [0.2, 0.25) is 0 Å². The molecule has 0 aliphatic carbocycles. The maximum Gasteiger partial charge on any atom is 0.329 e. The van der Waals surface area contributed by atoms with Crippen molar-refractivity contribution in [1.82, 2.24) is 14.7 Å². The van der Waals surface area contributed by atoms with Gasteiger partial charge in [0.2, 0.25) is 0 Å². The molecule has 0 spiro atoms. The number of nitrogens with zero attached hydrogens (tertiary/aromatic N) is 2. The van der Waals surface area contributed by atoms with Gasteiger partial charge in [0.1, 0.15) is 11.1 Å². The second kappa shape index (κ2) is 6.11. The molecule has 2 rings (SSSR count). The molecule has 0 saturated heterocycles. The van der Waals surface area contributed by atoms with E-state index in [2.05, 4.69) is 10.3 Å². The van der Waals surface area contributed by atoms with Crippen LogP contribution in [0, 0.1) is 13.8 Å². The lowest BCUT2D eigenvalue weighted by Gasteiger charge is -2.25. The summed E-state index contributed by atoms with van der Waals surface area (Å²) in [5, 5.41) is 11.8. The summed E-state index contributed by atoms with van der Waals surface area (Å²) in [6.07, 6.45) is 2.06. The fourth-order valence-corrected chi connectivity index (χ4v) is 3.30. The van der Waals surface area contributed by atoms with Gasteiger partial charge in [-0.2, -0.15) is 0 Å². The van der Waals surface area contributed by atoms with E-state index < -0.39 is 23.0 Å². The largest absolute Gasteiger partial charge is 0.480 e. The van der Waals surface area contributed by atoms with Gasteiger partial charge in [-0.25, -0.2) is 9.78 Å².